The minimum absolute atomic E-state index is 0.447. The second-order valence-electron chi connectivity index (χ2n) is 7.27. The zero-order valence-corrected chi connectivity index (χ0v) is 16.5. The average molecular weight is 413 g/mol. The number of hydrogen-bond acceptors (Lipinski definition) is 8. The lowest BCUT2D eigenvalue weighted by Gasteiger charge is -2.21. The standard InChI is InChI=1S/C22H19N7O2/c30-21(31)19-2-1-9-29(19)22-26-11-15(12-27-22)14-3-4-16-17(5-6-24-18(16)10-14)28-20-13-23-7-8-25-20/h3-8,10-13,19H,1-2,9H2,(H,30,31)(H,24,25,28). The third-order valence-corrected chi connectivity index (χ3v) is 5.33. The third-order valence-electron chi connectivity index (χ3n) is 5.33. The topological polar surface area (TPSA) is 117 Å². The largest absolute Gasteiger partial charge is 0.480 e. The van der Waals surface area contributed by atoms with Crippen molar-refractivity contribution in [1.82, 2.24) is 24.9 Å². The highest BCUT2D eigenvalue weighted by Crippen LogP contribution is 2.29. The number of nitrogens with one attached hydrogen (secondary N) is 1. The molecule has 0 aliphatic carbocycles. The molecule has 154 valence electrons. The fraction of sp³-hybridized carbons (Fsp3) is 0.182. The number of nitrogens with zero attached hydrogens (tertiary/aromatic N) is 6. The number of pyridine rings is 1. The Labute approximate surface area is 177 Å². The molecule has 1 aliphatic heterocycles. The van der Waals surface area contributed by atoms with Gasteiger partial charge in [0.1, 0.15) is 11.9 Å². The quantitative estimate of drug-likeness (QED) is 0.508. The van der Waals surface area contributed by atoms with Crippen LogP contribution in [-0.4, -0.2) is 48.6 Å². The second-order valence-corrected chi connectivity index (χ2v) is 7.27. The van der Waals surface area contributed by atoms with Gasteiger partial charge >= 0.3 is 5.97 Å². The fourth-order valence-corrected chi connectivity index (χ4v) is 3.82. The molecule has 0 spiro atoms. The lowest BCUT2D eigenvalue weighted by atomic mass is 10.1. The van der Waals surface area contributed by atoms with Crippen LogP contribution in [0.1, 0.15) is 12.8 Å². The maximum Gasteiger partial charge on any atom is 0.326 e. The van der Waals surface area contributed by atoms with Crippen molar-refractivity contribution in [1.29, 1.82) is 0 Å². The fourth-order valence-electron chi connectivity index (χ4n) is 3.82. The molecule has 0 saturated carbocycles. The number of aliphatic carboxylic acids is 1. The minimum Gasteiger partial charge on any atom is -0.480 e. The van der Waals surface area contributed by atoms with Crippen LogP contribution in [0.25, 0.3) is 22.0 Å². The summed E-state index contributed by atoms with van der Waals surface area (Å²) in [6.07, 6.45) is 11.5. The molecular weight excluding hydrogens is 394 g/mol. The lowest BCUT2D eigenvalue weighted by Crippen LogP contribution is -2.36. The Hall–Kier alpha value is -4.14. The summed E-state index contributed by atoms with van der Waals surface area (Å²) in [6.45, 7) is 0.651. The molecule has 1 atom stereocenters. The summed E-state index contributed by atoms with van der Waals surface area (Å²) in [6, 6.07) is 7.29. The van der Waals surface area contributed by atoms with E-state index in [9.17, 15) is 9.90 Å². The number of rotatable bonds is 5. The molecule has 1 aromatic carbocycles. The first kappa shape index (κ1) is 18.9. The van der Waals surface area contributed by atoms with Crippen LogP contribution in [0.3, 0.4) is 0 Å². The van der Waals surface area contributed by atoms with Crippen LogP contribution < -0.4 is 10.2 Å². The average Bonchev–Trinajstić information content (AvgIpc) is 3.30. The number of carboxylic acids is 1. The van der Waals surface area contributed by atoms with Gasteiger partial charge in [-0.15, -0.1) is 0 Å². The lowest BCUT2D eigenvalue weighted by molar-refractivity contribution is -0.138. The van der Waals surface area contributed by atoms with E-state index in [0.717, 1.165) is 34.1 Å². The van der Waals surface area contributed by atoms with Gasteiger partial charge in [0.25, 0.3) is 0 Å². The van der Waals surface area contributed by atoms with Gasteiger partial charge < -0.3 is 15.3 Å². The van der Waals surface area contributed by atoms with Crippen molar-refractivity contribution in [2.24, 2.45) is 0 Å². The predicted octanol–water partition coefficient (Wildman–Crippen LogP) is 3.28. The Morgan fingerprint density at radius 1 is 1.00 bits per heavy atom. The van der Waals surface area contributed by atoms with Gasteiger partial charge in [0.2, 0.25) is 5.95 Å². The number of anilines is 3. The highest BCUT2D eigenvalue weighted by atomic mass is 16.4. The molecule has 1 unspecified atom stereocenters. The van der Waals surface area contributed by atoms with Gasteiger partial charge in [-0.3, -0.25) is 9.97 Å². The van der Waals surface area contributed by atoms with Crippen molar-refractivity contribution in [3.63, 3.8) is 0 Å². The molecule has 5 rings (SSSR count). The SMILES string of the molecule is O=C(O)C1CCCN1c1ncc(-c2ccc3c(Nc4cnccn4)ccnc3c2)cn1. The van der Waals surface area contributed by atoms with Crippen molar-refractivity contribution in [2.45, 2.75) is 18.9 Å². The summed E-state index contributed by atoms with van der Waals surface area (Å²) < 4.78 is 0. The molecule has 9 nitrogen and oxygen atoms in total. The highest BCUT2D eigenvalue weighted by molar-refractivity contribution is 5.94. The van der Waals surface area contributed by atoms with E-state index in [2.05, 4.69) is 30.2 Å². The molecular formula is C22H19N7O2. The van der Waals surface area contributed by atoms with Gasteiger partial charge in [0.15, 0.2) is 0 Å². The molecule has 4 aromatic rings. The van der Waals surface area contributed by atoms with Crippen LogP contribution >= 0.6 is 0 Å². The van der Waals surface area contributed by atoms with E-state index in [1.54, 1.807) is 42.1 Å². The first-order valence-electron chi connectivity index (χ1n) is 9.93. The molecule has 2 N–H and O–H groups in total. The Balaban J connectivity index is 1.42. The number of carbonyl (C=O) groups is 1. The maximum absolute atomic E-state index is 11.4. The van der Waals surface area contributed by atoms with Gasteiger partial charge in [-0.1, -0.05) is 12.1 Å². The summed E-state index contributed by atoms with van der Waals surface area (Å²) in [5, 5.41) is 13.6. The number of fused-ring (bicyclic) bond motifs is 1. The number of hydrogen-bond donors (Lipinski definition) is 2. The molecule has 9 heteroatoms. The van der Waals surface area contributed by atoms with E-state index in [1.165, 1.54) is 0 Å². The Morgan fingerprint density at radius 3 is 2.65 bits per heavy atom. The number of benzene rings is 1. The van der Waals surface area contributed by atoms with Gasteiger partial charge in [-0.05, 0) is 30.5 Å². The van der Waals surface area contributed by atoms with Crippen molar-refractivity contribution in [3.8, 4) is 11.1 Å². The second kappa shape index (κ2) is 7.94. The Kier molecular flexibility index (Phi) is 4.83. The number of carboxylic acid groups (broad SMARTS) is 1. The number of aromatic nitrogens is 5. The third kappa shape index (κ3) is 3.73. The normalized spacial score (nSPS) is 15.9. The maximum atomic E-state index is 11.4. The van der Waals surface area contributed by atoms with Crippen molar-refractivity contribution in [2.75, 3.05) is 16.8 Å². The van der Waals surface area contributed by atoms with Gasteiger partial charge in [-0.2, -0.15) is 0 Å². The van der Waals surface area contributed by atoms with Crippen molar-refractivity contribution >= 4 is 34.3 Å². The van der Waals surface area contributed by atoms with Crippen molar-refractivity contribution in [3.05, 3.63) is 61.4 Å². The monoisotopic (exact) mass is 413 g/mol. The van der Waals surface area contributed by atoms with E-state index in [0.29, 0.717) is 24.7 Å². The van der Waals surface area contributed by atoms with Gasteiger partial charge in [-0.25, -0.2) is 19.7 Å². The van der Waals surface area contributed by atoms with E-state index < -0.39 is 12.0 Å². The zero-order valence-electron chi connectivity index (χ0n) is 16.5. The molecule has 0 amide bonds. The molecule has 31 heavy (non-hydrogen) atoms. The molecule has 1 aliphatic rings. The van der Waals surface area contributed by atoms with E-state index in [4.69, 9.17) is 0 Å². The molecule has 4 heterocycles. The van der Waals surface area contributed by atoms with E-state index >= 15 is 0 Å². The van der Waals surface area contributed by atoms with E-state index in [-0.39, 0.29) is 0 Å². The van der Waals surface area contributed by atoms with Crippen LogP contribution in [0.5, 0.6) is 0 Å². The van der Waals surface area contributed by atoms with Crippen LogP contribution in [-0.2, 0) is 4.79 Å². The summed E-state index contributed by atoms with van der Waals surface area (Å²) >= 11 is 0. The minimum atomic E-state index is -0.836. The molecule has 1 saturated heterocycles. The summed E-state index contributed by atoms with van der Waals surface area (Å²) in [5.41, 5.74) is 3.48. The van der Waals surface area contributed by atoms with Gasteiger partial charge in [0, 0.05) is 48.5 Å². The zero-order chi connectivity index (χ0) is 21.2. The summed E-state index contributed by atoms with van der Waals surface area (Å²) in [7, 11) is 0. The smallest absolute Gasteiger partial charge is 0.326 e. The summed E-state index contributed by atoms with van der Waals surface area (Å²) in [4.78, 5) is 34.8. The van der Waals surface area contributed by atoms with Crippen LogP contribution in [0.2, 0.25) is 0 Å². The summed E-state index contributed by atoms with van der Waals surface area (Å²) in [5.74, 6) is 0.268. The van der Waals surface area contributed by atoms with Crippen LogP contribution in [0.15, 0.2) is 61.4 Å². The van der Waals surface area contributed by atoms with Crippen LogP contribution in [0.4, 0.5) is 17.5 Å². The highest BCUT2D eigenvalue weighted by Gasteiger charge is 2.32. The Bertz CT molecular complexity index is 1230. The van der Waals surface area contributed by atoms with E-state index in [1.807, 2.05) is 24.3 Å². The molecule has 3 aromatic heterocycles. The Morgan fingerprint density at radius 2 is 1.87 bits per heavy atom. The predicted molar refractivity (Wildman–Crippen MR) is 116 cm³/mol. The molecule has 0 radical (unpaired) electrons. The first-order chi connectivity index (χ1) is 15.2. The molecule has 1 fully saturated rings. The first-order valence-corrected chi connectivity index (χ1v) is 9.93. The van der Waals surface area contributed by atoms with Crippen molar-refractivity contribution < 1.29 is 9.90 Å². The van der Waals surface area contributed by atoms with Crippen LogP contribution in [0, 0.1) is 0 Å². The van der Waals surface area contributed by atoms with Gasteiger partial charge in [0.05, 0.1) is 17.4 Å². The molecule has 0 bridgehead atoms.